The number of benzene rings is 1. The molecule has 1 aromatic carbocycles. The van der Waals surface area contributed by atoms with Crippen LogP contribution < -0.4 is 12.4 Å². The number of nitrogens with zero attached hydrogens (tertiary/aromatic N) is 1. The maximum absolute atomic E-state index is 12.4. The zero-order chi connectivity index (χ0) is 26.5. The minimum absolute atomic E-state index is 0. The average Bonchev–Trinajstić information content (AvgIpc) is 2.86. The molecule has 0 amide bonds. The van der Waals surface area contributed by atoms with E-state index in [1.807, 2.05) is 20.8 Å². The van der Waals surface area contributed by atoms with Gasteiger partial charge < -0.3 is 34.9 Å². The van der Waals surface area contributed by atoms with E-state index in [2.05, 4.69) is 44.2 Å². The second kappa shape index (κ2) is 21.9. The summed E-state index contributed by atoms with van der Waals surface area (Å²) >= 11 is 0. The largest absolute Gasteiger partial charge is 1.00 e. The molecule has 0 aliphatic rings. The summed E-state index contributed by atoms with van der Waals surface area (Å²) < 4.78 is 24.4. The number of rotatable bonds is 23. The highest BCUT2D eigenvalue weighted by Crippen LogP contribution is 2.21. The van der Waals surface area contributed by atoms with Crippen LogP contribution in [0.5, 0.6) is 0 Å². The Kier molecular flexibility index (Phi) is 21.3. The first-order chi connectivity index (χ1) is 17.5. The molecule has 0 aromatic heterocycles. The summed E-state index contributed by atoms with van der Waals surface area (Å²) in [4.78, 5) is 12.4. The molecule has 216 valence electrons. The fourth-order valence-electron chi connectivity index (χ4n) is 4.99. The van der Waals surface area contributed by atoms with Crippen molar-refractivity contribution >= 4 is 14.8 Å². The van der Waals surface area contributed by atoms with Crippen LogP contribution in [0.1, 0.15) is 91.5 Å². The number of quaternary nitrogens is 1. The Morgan fingerprint density at radius 3 is 1.95 bits per heavy atom. The lowest BCUT2D eigenvalue weighted by atomic mass is 10.1. The van der Waals surface area contributed by atoms with Crippen molar-refractivity contribution in [2.45, 2.75) is 98.6 Å². The van der Waals surface area contributed by atoms with Crippen molar-refractivity contribution in [3.05, 3.63) is 35.9 Å². The lowest BCUT2D eigenvalue weighted by Crippen LogP contribution is -3.00. The lowest BCUT2D eigenvalue weighted by molar-refractivity contribution is -0.941. The van der Waals surface area contributed by atoms with Gasteiger partial charge in [0.25, 0.3) is 0 Å². The molecule has 1 unspecified atom stereocenters. The predicted molar refractivity (Wildman–Crippen MR) is 150 cm³/mol. The van der Waals surface area contributed by atoms with Gasteiger partial charge in [-0.25, -0.2) is 0 Å². The fraction of sp³-hybridized carbons (Fsp3) is 0.759. The van der Waals surface area contributed by atoms with E-state index < -0.39 is 8.80 Å². The molecule has 8 heteroatoms. The van der Waals surface area contributed by atoms with Crippen LogP contribution in [0.15, 0.2) is 30.3 Å². The Hall–Kier alpha value is -0.963. The van der Waals surface area contributed by atoms with Crippen LogP contribution in [0, 0.1) is 0 Å². The SMILES string of the molecule is CCCCC[N+](CCC)(CCCOC(=O)CCCC[Si](OCC)(OCC)OCC)Cc1ccccc1.[Cl-]. The highest BCUT2D eigenvalue weighted by atomic mass is 35.5. The van der Waals surface area contributed by atoms with Crippen LogP contribution in [-0.2, 0) is 29.4 Å². The van der Waals surface area contributed by atoms with Gasteiger partial charge in [0, 0.05) is 44.3 Å². The summed E-state index contributed by atoms with van der Waals surface area (Å²) in [5, 5.41) is 0. The quantitative estimate of drug-likeness (QED) is 0.0884. The number of hydrogen-bond acceptors (Lipinski definition) is 5. The van der Waals surface area contributed by atoms with E-state index >= 15 is 0 Å². The first-order valence-corrected chi connectivity index (χ1v) is 16.4. The van der Waals surface area contributed by atoms with Gasteiger partial charge in [-0.2, -0.15) is 0 Å². The molecule has 1 atom stereocenters. The molecule has 0 saturated heterocycles. The number of carbonyl (C=O) groups excluding carboxylic acids is 1. The van der Waals surface area contributed by atoms with Gasteiger partial charge in [-0.05, 0) is 52.9 Å². The van der Waals surface area contributed by atoms with E-state index in [4.69, 9.17) is 18.0 Å². The van der Waals surface area contributed by atoms with Crippen molar-refractivity contribution < 1.29 is 39.7 Å². The number of unbranched alkanes of at least 4 members (excludes halogenated alkanes) is 3. The number of halogens is 1. The van der Waals surface area contributed by atoms with Crippen molar-refractivity contribution in [2.24, 2.45) is 0 Å². The zero-order valence-corrected chi connectivity index (χ0v) is 26.0. The second-order valence-corrected chi connectivity index (χ2v) is 12.4. The average molecular weight is 560 g/mol. The molecular weight excluding hydrogens is 506 g/mol. The van der Waals surface area contributed by atoms with E-state index in [1.165, 1.54) is 31.4 Å². The molecule has 0 N–H and O–H groups in total. The minimum atomic E-state index is -2.63. The van der Waals surface area contributed by atoms with Crippen molar-refractivity contribution in [1.82, 2.24) is 0 Å². The molecular formula is C29H54ClNO5Si. The van der Waals surface area contributed by atoms with Gasteiger partial charge in [0.05, 0.1) is 26.2 Å². The Morgan fingerprint density at radius 2 is 1.38 bits per heavy atom. The molecule has 0 radical (unpaired) electrons. The van der Waals surface area contributed by atoms with E-state index in [0.717, 1.165) is 55.8 Å². The van der Waals surface area contributed by atoms with Crippen LogP contribution in [0.25, 0.3) is 0 Å². The third kappa shape index (κ3) is 15.3. The van der Waals surface area contributed by atoms with Gasteiger partial charge in [0.1, 0.15) is 6.54 Å². The summed E-state index contributed by atoms with van der Waals surface area (Å²) in [7, 11) is -2.63. The van der Waals surface area contributed by atoms with Crippen molar-refractivity contribution in [3.63, 3.8) is 0 Å². The number of esters is 1. The van der Waals surface area contributed by atoms with Crippen molar-refractivity contribution in [1.29, 1.82) is 0 Å². The first-order valence-electron chi connectivity index (χ1n) is 14.4. The Balaban J connectivity index is 0.0000130. The topological polar surface area (TPSA) is 54.0 Å². The van der Waals surface area contributed by atoms with Crippen LogP contribution in [0.4, 0.5) is 0 Å². The zero-order valence-electron chi connectivity index (χ0n) is 24.3. The van der Waals surface area contributed by atoms with Crippen molar-refractivity contribution in [2.75, 3.05) is 46.1 Å². The number of ether oxygens (including phenoxy) is 1. The van der Waals surface area contributed by atoms with Gasteiger partial charge >= 0.3 is 14.8 Å². The van der Waals surface area contributed by atoms with Gasteiger partial charge in [0.2, 0.25) is 0 Å². The summed E-state index contributed by atoms with van der Waals surface area (Å²) in [6.45, 7) is 17.1. The summed E-state index contributed by atoms with van der Waals surface area (Å²) in [6, 6.07) is 11.6. The molecule has 0 spiro atoms. The normalized spacial score (nSPS) is 13.1. The molecule has 0 aliphatic heterocycles. The van der Waals surface area contributed by atoms with Crippen LogP contribution in [0.2, 0.25) is 6.04 Å². The maximum Gasteiger partial charge on any atom is 0.500 e. The molecule has 0 aliphatic carbocycles. The van der Waals surface area contributed by atoms with Gasteiger partial charge in [0.15, 0.2) is 0 Å². The highest BCUT2D eigenvalue weighted by Gasteiger charge is 2.39. The predicted octanol–water partition coefficient (Wildman–Crippen LogP) is 3.76. The Bertz CT molecular complexity index is 665. The van der Waals surface area contributed by atoms with Crippen LogP contribution in [-0.4, -0.2) is 65.3 Å². The molecule has 0 bridgehead atoms. The molecule has 1 aromatic rings. The first kappa shape index (κ1) is 36.0. The number of hydrogen-bond donors (Lipinski definition) is 0. The third-order valence-corrected chi connectivity index (χ3v) is 9.69. The van der Waals surface area contributed by atoms with Crippen LogP contribution >= 0.6 is 0 Å². The van der Waals surface area contributed by atoms with E-state index in [1.54, 1.807) is 0 Å². The summed E-state index contributed by atoms with van der Waals surface area (Å²) in [6.07, 6.45) is 7.86. The molecule has 0 heterocycles. The van der Waals surface area contributed by atoms with E-state index in [-0.39, 0.29) is 18.4 Å². The molecule has 37 heavy (non-hydrogen) atoms. The van der Waals surface area contributed by atoms with Crippen molar-refractivity contribution in [3.8, 4) is 0 Å². The van der Waals surface area contributed by atoms with Crippen LogP contribution in [0.3, 0.4) is 0 Å². The Morgan fingerprint density at radius 1 is 0.757 bits per heavy atom. The molecule has 0 saturated carbocycles. The summed E-state index contributed by atoms with van der Waals surface area (Å²) in [5.74, 6) is -0.103. The van der Waals surface area contributed by atoms with Gasteiger partial charge in [-0.15, -0.1) is 0 Å². The van der Waals surface area contributed by atoms with E-state index in [9.17, 15) is 4.79 Å². The molecule has 6 nitrogen and oxygen atoms in total. The maximum atomic E-state index is 12.4. The minimum Gasteiger partial charge on any atom is -1.00 e. The summed E-state index contributed by atoms with van der Waals surface area (Å²) in [5.41, 5.74) is 1.39. The van der Waals surface area contributed by atoms with Gasteiger partial charge in [-0.1, -0.05) is 50.6 Å². The Labute approximate surface area is 234 Å². The lowest BCUT2D eigenvalue weighted by Gasteiger charge is -2.39. The standard InChI is InChI=1S/C29H54NO5Si.ClH/c1-6-11-16-23-30(22-7-2,27-28-19-13-12-14-20-28)24-18-25-32-29(31)21-15-17-26-36(33-8-3,34-9-4)35-10-5;/h12-14,19-20H,6-11,15-18,21-27H2,1-5H3;1H/q+1;/p-1. The molecule has 1 rings (SSSR count). The fourth-order valence-corrected chi connectivity index (χ4v) is 7.67. The van der Waals surface area contributed by atoms with Gasteiger partial charge in [-0.3, -0.25) is 4.79 Å². The number of carbonyl (C=O) groups is 1. The highest BCUT2D eigenvalue weighted by molar-refractivity contribution is 6.60. The monoisotopic (exact) mass is 559 g/mol. The smallest absolute Gasteiger partial charge is 0.500 e. The molecule has 0 fully saturated rings. The van der Waals surface area contributed by atoms with E-state index in [0.29, 0.717) is 32.8 Å². The third-order valence-electron chi connectivity index (χ3n) is 6.54. The second-order valence-electron chi connectivity index (χ2n) is 9.63.